The van der Waals surface area contributed by atoms with Gasteiger partial charge < -0.3 is 9.97 Å². The van der Waals surface area contributed by atoms with Crippen LogP contribution < -0.4 is 5.56 Å². The highest BCUT2D eigenvalue weighted by Gasteiger charge is 2.23. The molecule has 0 bridgehead atoms. The van der Waals surface area contributed by atoms with E-state index in [0.29, 0.717) is 15.9 Å². The van der Waals surface area contributed by atoms with E-state index in [4.69, 9.17) is 12.2 Å². The molecule has 0 unspecified atom stereocenters. The van der Waals surface area contributed by atoms with Crippen molar-refractivity contribution in [1.82, 2.24) is 19.9 Å². The topological polar surface area (TPSA) is 77.3 Å². The van der Waals surface area contributed by atoms with E-state index < -0.39 is 0 Å². The summed E-state index contributed by atoms with van der Waals surface area (Å²) in [5.74, 6) is 1.61. The third-order valence-corrected chi connectivity index (χ3v) is 2.82. The Morgan fingerprint density at radius 1 is 1.33 bits per heavy atom. The highest BCUT2D eigenvalue weighted by molar-refractivity contribution is 7.71. The smallest absolute Gasteiger partial charge is 0.277 e. The third-order valence-electron chi connectivity index (χ3n) is 2.62. The lowest BCUT2D eigenvalue weighted by Gasteiger charge is -1.88. The normalized spacial score (nSPS) is 16.0. The molecule has 3 N–H and O–H groups in total. The SMILES string of the molecule is O=c1[nH]c(=S)[nH]c2nc(CC3CC3)[nH]c12. The van der Waals surface area contributed by atoms with E-state index in [1.165, 1.54) is 12.8 Å². The molecule has 6 heteroatoms. The van der Waals surface area contributed by atoms with Crippen molar-refractivity contribution < 1.29 is 0 Å². The largest absolute Gasteiger partial charge is 0.336 e. The third kappa shape index (κ3) is 1.61. The van der Waals surface area contributed by atoms with Gasteiger partial charge in [0.15, 0.2) is 10.4 Å². The molecule has 0 radical (unpaired) electrons. The average Bonchev–Trinajstić information content (AvgIpc) is 2.85. The molecule has 1 aliphatic rings. The van der Waals surface area contributed by atoms with Crippen LogP contribution in [0.2, 0.25) is 0 Å². The predicted octanol–water partition coefficient (Wildman–Crippen LogP) is 1.26. The zero-order chi connectivity index (χ0) is 10.4. The van der Waals surface area contributed by atoms with Gasteiger partial charge in [-0.1, -0.05) is 0 Å². The zero-order valence-electron chi connectivity index (χ0n) is 7.96. The van der Waals surface area contributed by atoms with Crippen molar-refractivity contribution in [2.45, 2.75) is 19.3 Å². The number of nitrogens with zero attached hydrogens (tertiary/aromatic N) is 1. The number of rotatable bonds is 2. The summed E-state index contributed by atoms with van der Waals surface area (Å²) in [5, 5.41) is 0. The molecule has 0 atom stereocenters. The molecule has 0 aliphatic heterocycles. The number of nitrogens with one attached hydrogen (secondary N) is 3. The summed E-state index contributed by atoms with van der Waals surface area (Å²) in [7, 11) is 0. The van der Waals surface area contributed by atoms with Crippen LogP contribution in [0.15, 0.2) is 4.79 Å². The molecule has 78 valence electrons. The Kier molecular flexibility index (Phi) is 1.79. The maximum absolute atomic E-state index is 11.5. The molecule has 0 amide bonds. The lowest BCUT2D eigenvalue weighted by atomic mass is 10.3. The van der Waals surface area contributed by atoms with Crippen LogP contribution in [0.4, 0.5) is 0 Å². The summed E-state index contributed by atoms with van der Waals surface area (Å²) in [6.45, 7) is 0. The van der Waals surface area contributed by atoms with Crippen LogP contribution in [0.25, 0.3) is 11.2 Å². The fourth-order valence-corrected chi connectivity index (χ4v) is 1.86. The van der Waals surface area contributed by atoms with Gasteiger partial charge in [0.05, 0.1) is 0 Å². The summed E-state index contributed by atoms with van der Waals surface area (Å²) in [6, 6.07) is 0. The Balaban J connectivity index is 2.15. The Morgan fingerprint density at radius 3 is 2.87 bits per heavy atom. The standard InChI is InChI=1S/C9H10N4OS/c14-8-6-7(12-9(15)13-8)11-5(10-6)3-4-1-2-4/h4H,1-3H2,(H3,10,11,12,13,14,15). The van der Waals surface area contributed by atoms with Crippen molar-refractivity contribution in [2.75, 3.05) is 0 Å². The van der Waals surface area contributed by atoms with Crippen LogP contribution in [0, 0.1) is 10.7 Å². The molecule has 2 aromatic rings. The van der Waals surface area contributed by atoms with Crippen molar-refractivity contribution in [3.63, 3.8) is 0 Å². The Labute approximate surface area is 90.0 Å². The minimum atomic E-state index is -0.205. The van der Waals surface area contributed by atoms with E-state index in [2.05, 4.69) is 19.9 Å². The second-order valence-corrected chi connectivity index (χ2v) is 4.37. The summed E-state index contributed by atoms with van der Waals surface area (Å²) in [4.78, 5) is 24.2. The fourth-order valence-electron chi connectivity index (χ4n) is 1.67. The van der Waals surface area contributed by atoms with Crippen molar-refractivity contribution in [1.29, 1.82) is 0 Å². The Morgan fingerprint density at radius 2 is 2.13 bits per heavy atom. The van der Waals surface area contributed by atoms with Crippen molar-refractivity contribution >= 4 is 23.4 Å². The quantitative estimate of drug-likeness (QED) is 0.669. The molecule has 15 heavy (non-hydrogen) atoms. The molecule has 1 saturated carbocycles. The first-order valence-electron chi connectivity index (χ1n) is 4.93. The summed E-state index contributed by atoms with van der Waals surface area (Å²) in [5.41, 5.74) is 0.835. The van der Waals surface area contributed by atoms with Gasteiger partial charge in [-0.2, -0.15) is 0 Å². The Bertz CT molecular complexity index is 619. The first-order valence-corrected chi connectivity index (χ1v) is 5.34. The predicted molar refractivity (Wildman–Crippen MR) is 58.3 cm³/mol. The first-order chi connectivity index (χ1) is 7.22. The molecular formula is C9H10N4OS. The maximum Gasteiger partial charge on any atom is 0.277 e. The minimum Gasteiger partial charge on any atom is -0.336 e. The molecule has 1 fully saturated rings. The molecule has 0 spiro atoms. The highest BCUT2D eigenvalue weighted by Crippen LogP contribution is 2.31. The van der Waals surface area contributed by atoms with E-state index in [1.807, 2.05) is 0 Å². The maximum atomic E-state index is 11.5. The van der Waals surface area contributed by atoms with Crippen molar-refractivity contribution in [3.05, 3.63) is 20.9 Å². The van der Waals surface area contributed by atoms with Gasteiger partial charge in [0.2, 0.25) is 0 Å². The van der Waals surface area contributed by atoms with Crippen LogP contribution in [-0.2, 0) is 6.42 Å². The number of hydrogen-bond acceptors (Lipinski definition) is 3. The molecular weight excluding hydrogens is 212 g/mol. The number of imidazole rings is 1. The van der Waals surface area contributed by atoms with Gasteiger partial charge in [0, 0.05) is 6.42 Å². The van der Waals surface area contributed by atoms with E-state index >= 15 is 0 Å². The number of H-pyrrole nitrogens is 3. The fraction of sp³-hybridized carbons (Fsp3) is 0.444. The summed E-state index contributed by atoms with van der Waals surface area (Å²) >= 11 is 4.87. The molecule has 0 saturated heterocycles. The highest BCUT2D eigenvalue weighted by atomic mass is 32.1. The zero-order valence-corrected chi connectivity index (χ0v) is 8.78. The number of aromatic nitrogens is 4. The molecule has 1 aliphatic carbocycles. The lowest BCUT2D eigenvalue weighted by Crippen LogP contribution is -2.07. The van der Waals surface area contributed by atoms with E-state index in [9.17, 15) is 4.79 Å². The average molecular weight is 222 g/mol. The van der Waals surface area contributed by atoms with E-state index in [1.54, 1.807) is 0 Å². The number of aromatic amines is 3. The number of fused-ring (bicyclic) bond motifs is 1. The van der Waals surface area contributed by atoms with Crippen molar-refractivity contribution in [3.8, 4) is 0 Å². The number of hydrogen-bond donors (Lipinski definition) is 3. The van der Waals surface area contributed by atoms with E-state index in [0.717, 1.165) is 18.2 Å². The Hall–Kier alpha value is -1.43. The van der Waals surface area contributed by atoms with Gasteiger partial charge >= 0.3 is 0 Å². The van der Waals surface area contributed by atoms with Crippen LogP contribution in [-0.4, -0.2) is 19.9 Å². The van der Waals surface area contributed by atoms with Crippen LogP contribution in [0.3, 0.4) is 0 Å². The van der Waals surface area contributed by atoms with E-state index in [-0.39, 0.29) is 5.56 Å². The van der Waals surface area contributed by atoms with Crippen LogP contribution in [0.5, 0.6) is 0 Å². The van der Waals surface area contributed by atoms with Gasteiger partial charge in [-0.05, 0) is 31.0 Å². The van der Waals surface area contributed by atoms with Gasteiger partial charge in [0.25, 0.3) is 5.56 Å². The summed E-state index contributed by atoms with van der Waals surface area (Å²) < 4.78 is 0.317. The molecule has 3 rings (SSSR count). The first kappa shape index (κ1) is 8.84. The molecule has 0 aromatic carbocycles. The second-order valence-electron chi connectivity index (χ2n) is 3.96. The lowest BCUT2D eigenvalue weighted by molar-refractivity contribution is 0.787. The molecule has 2 heterocycles. The van der Waals surface area contributed by atoms with Crippen LogP contribution >= 0.6 is 12.2 Å². The van der Waals surface area contributed by atoms with Gasteiger partial charge in [0.1, 0.15) is 11.3 Å². The molecule has 5 nitrogen and oxygen atoms in total. The summed E-state index contributed by atoms with van der Waals surface area (Å²) in [6.07, 6.45) is 3.46. The minimum absolute atomic E-state index is 0.205. The van der Waals surface area contributed by atoms with Crippen LogP contribution in [0.1, 0.15) is 18.7 Å². The molecule has 2 aromatic heterocycles. The second kappa shape index (κ2) is 3.03. The van der Waals surface area contributed by atoms with Crippen molar-refractivity contribution in [2.24, 2.45) is 5.92 Å². The van der Waals surface area contributed by atoms with Gasteiger partial charge in [-0.25, -0.2) is 4.98 Å². The monoisotopic (exact) mass is 222 g/mol. The van der Waals surface area contributed by atoms with Gasteiger partial charge in [-0.15, -0.1) is 0 Å². The van der Waals surface area contributed by atoms with Gasteiger partial charge in [-0.3, -0.25) is 9.78 Å².